The van der Waals surface area contributed by atoms with Gasteiger partial charge in [-0.25, -0.2) is 13.2 Å². The van der Waals surface area contributed by atoms with E-state index in [1.54, 1.807) is 12.1 Å². The fraction of sp³-hybridized carbons (Fsp3) is 0.500. The van der Waals surface area contributed by atoms with Gasteiger partial charge in [0, 0.05) is 12.1 Å². The number of benzene rings is 1. The van der Waals surface area contributed by atoms with Gasteiger partial charge in [-0.15, -0.1) is 0 Å². The second-order valence-corrected chi connectivity index (χ2v) is 8.87. The first kappa shape index (κ1) is 19.3. The van der Waals surface area contributed by atoms with Crippen molar-refractivity contribution in [2.45, 2.75) is 38.6 Å². The van der Waals surface area contributed by atoms with E-state index < -0.39 is 21.6 Å². The second-order valence-electron chi connectivity index (χ2n) is 6.96. The van der Waals surface area contributed by atoms with Crippen molar-refractivity contribution < 1.29 is 22.8 Å². The highest BCUT2D eigenvalue weighted by Crippen LogP contribution is 2.31. The summed E-state index contributed by atoms with van der Waals surface area (Å²) in [5.41, 5.74) is 0.751. The lowest BCUT2D eigenvalue weighted by Gasteiger charge is -2.23. The van der Waals surface area contributed by atoms with Crippen LogP contribution in [-0.4, -0.2) is 55.9 Å². The van der Waals surface area contributed by atoms with Crippen LogP contribution in [0.4, 0.5) is 10.5 Å². The number of amides is 3. The van der Waals surface area contributed by atoms with Gasteiger partial charge in [-0.05, 0) is 43.0 Å². The number of rotatable bonds is 6. The van der Waals surface area contributed by atoms with E-state index in [0.29, 0.717) is 37.1 Å². The van der Waals surface area contributed by atoms with Crippen molar-refractivity contribution in [1.29, 1.82) is 0 Å². The number of Topliss-reactive ketones (excluding diaryl/α,β-unsaturated/α-hetero) is 1. The first-order valence-corrected chi connectivity index (χ1v) is 10.8. The van der Waals surface area contributed by atoms with E-state index in [1.807, 2.05) is 13.8 Å². The first-order valence-electron chi connectivity index (χ1n) is 8.91. The Morgan fingerprint density at radius 1 is 1.22 bits per heavy atom. The lowest BCUT2D eigenvalue weighted by Crippen LogP contribution is -2.46. The minimum absolute atomic E-state index is 0.332. The van der Waals surface area contributed by atoms with Crippen LogP contribution in [0, 0.1) is 0 Å². The lowest BCUT2D eigenvalue weighted by atomic mass is 9.93. The summed E-state index contributed by atoms with van der Waals surface area (Å²) in [6.45, 7) is 3.65. The molecule has 1 fully saturated rings. The third-order valence-electron chi connectivity index (χ3n) is 5.41. The molecule has 1 saturated heterocycles. The number of nitrogens with zero attached hydrogens (tertiary/aromatic N) is 2. The van der Waals surface area contributed by atoms with Crippen molar-refractivity contribution in [2.24, 2.45) is 0 Å². The van der Waals surface area contributed by atoms with Crippen LogP contribution in [0.2, 0.25) is 0 Å². The predicted octanol–water partition coefficient (Wildman–Crippen LogP) is 1.30. The average Bonchev–Trinajstić information content (AvgIpc) is 3.15. The molecular formula is C18H23N3O5S. The van der Waals surface area contributed by atoms with Crippen LogP contribution >= 0.6 is 0 Å². The van der Waals surface area contributed by atoms with Crippen LogP contribution in [-0.2, 0) is 21.2 Å². The number of urea groups is 1. The van der Waals surface area contributed by atoms with Crippen LogP contribution in [0.25, 0.3) is 0 Å². The molecule has 146 valence electrons. The highest BCUT2D eigenvalue weighted by molar-refractivity contribution is 7.92. The molecular weight excluding hydrogens is 370 g/mol. The van der Waals surface area contributed by atoms with Gasteiger partial charge in [-0.3, -0.25) is 18.8 Å². The third kappa shape index (κ3) is 3.20. The maximum Gasteiger partial charge on any atom is 0.325 e. The van der Waals surface area contributed by atoms with Gasteiger partial charge in [0.25, 0.3) is 5.91 Å². The number of fused-ring (bicyclic) bond motifs is 1. The molecule has 1 aromatic rings. The van der Waals surface area contributed by atoms with Crippen molar-refractivity contribution in [3.05, 3.63) is 29.3 Å². The van der Waals surface area contributed by atoms with Gasteiger partial charge in [0.1, 0.15) is 5.54 Å². The first-order chi connectivity index (χ1) is 12.6. The van der Waals surface area contributed by atoms with Crippen LogP contribution in [0.5, 0.6) is 0 Å². The molecule has 0 unspecified atom stereocenters. The van der Waals surface area contributed by atoms with E-state index in [0.717, 1.165) is 16.7 Å². The normalized spacial score (nSPS) is 18.6. The van der Waals surface area contributed by atoms with Gasteiger partial charge in [-0.2, -0.15) is 0 Å². The fourth-order valence-corrected chi connectivity index (χ4v) is 4.63. The molecule has 2 aliphatic rings. The Kier molecular flexibility index (Phi) is 4.75. The van der Waals surface area contributed by atoms with E-state index in [1.165, 1.54) is 10.4 Å². The molecule has 1 aromatic carbocycles. The standard InChI is InChI=1S/C18H23N3O5S/c1-4-18(5-2)16(23)20(17(24)19-18)11-15(22)13-6-7-14-12(10-13)8-9-21(14)27(3,25)26/h6-7,10H,4-5,8-9,11H2,1-3H3,(H,19,24). The summed E-state index contributed by atoms with van der Waals surface area (Å²) in [7, 11) is -3.36. The Bertz CT molecular complexity index is 921. The molecule has 0 saturated carbocycles. The van der Waals surface area contributed by atoms with E-state index in [4.69, 9.17) is 0 Å². The highest BCUT2D eigenvalue weighted by atomic mass is 32.2. The van der Waals surface area contributed by atoms with Gasteiger partial charge in [0.2, 0.25) is 10.0 Å². The Morgan fingerprint density at radius 3 is 2.44 bits per heavy atom. The molecule has 2 aliphatic heterocycles. The topological polar surface area (TPSA) is 104 Å². The Hall–Kier alpha value is -2.42. The molecule has 9 heteroatoms. The Labute approximate surface area is 158 Å². The van der Waals surface area contributed by atoms with Crippen molar-refractivity contribution >= 4 is 33.4 Å². The summed E-state index contributed by atoms with van der Waals surface area (Å²) in [6, 6.07) is 4.23. The molecule has 2 heterocycles. The van der Waals surface area contributed by atoms with Gasteiger partial charge in [0.05, 0.1) is 18.5 Å². The zero-order valence-corrected chi connectivity index (χ0v) is 16.4. The maximum atomic E-state index is 12.7. The molecule has 3 rings (SSSR count). The summed E-state index contributed by atoms with van der Waals surface area (Å²) >= 11 is 0. The lowest BCUT2D eigenvalue weighted by molar-refractivity contribution is -0.131. The zero-order chi connectivity index (χ0) is 20.0. The van der Waals surface area contributed by atoms with E-state index in [2.05, 4.69) is 5.32 Å². The van der Waals surface area contributed by atoms with Crippen LogP contribution in [0.3, 0.4) is 0 Å². The molecule has 3 amide bonds. The molecule has 8 nitrogen and oxygen atoms in total. The summed E-state index contributed by atoms with van der Waals surface area (Å²) in [4.78, 5) is 38.4. The van der Waals surface area contributed by atoms with E-state index in [9.17, 15) is 22.8 Å². The highest BCUT2D eigenvalue weighted by Gasteiger charge is 2.49. The minimum atomic E-state index is -3.36. The molecule has 0 aromatic heterocycles. The smallest absolute Gasteiger partial charge is 0.323 e. The van der Waals surface area contributed by atoms with Crippen molar-refractivity contribution in [3.8, 4) is 0 Å². The van der Waals surface area contributed by atoms with Gasteiger partial charge >= 0.3 is 6.03 Å². The van der Waals surface area contributed by atoms with E-state index in [-0.39, 0.29) is 18.2 Å². The quantitative estimate of drug-likeness (QED) is 0.580. The number of hydrogen-bond donors (Lipinski definition) is 1. The molecule has 0 aliphatic carbocycles. The number of hydrogen-bond acceptors (Lipinski definition) is 5. The van der Waals surface area contributed by atoms with Gasteiger partial charge < -0.3 is 5.32 Å². The van der Waals surface area contributed by atoms with E-state index >= 15 is 0 Å². The number of imide groups is 1. The molecule has 0 atom stereocenters. The SMILES string of the molecule is CCC1(CC)NC(=O)N(CC(=O)c2ccc3c(c2)CCN3S(C)(=O)=O)C1=O. The Morgan fingerprint density at radius 2 is 1.89 bits per heavy atom. The molecule has 0 radical (unpaired) electrons. The number of sulfonamides is 1. The maximum absolute atomic E-state index is 12.7. The van der Waals surface area contributed by atoms with Crippen molar-refractivity contribution in [3.63, 3.8) is 0 Å². The summed E-state index contributed by atoms with van der Waals surface area (Å²) in [6.07, 6.45) is 2.58. The van der Waals surface area contributed by atoms with Crippen LogP contribution < -0.4 is 9.62 Å². The molecule has 0 bridgehead atoms. The van der Waals surface area contributed by atoms with Gasteiger partial charge in [0.15, 0.2) is 5.78 Å². The number of anilines is 1. The molecule has 0 spiro atoms. The van der Waals surface area contributed by atoms with Crippen LogP contribution in [0.1, 0.15) is 42.6 Å². The molecule has 1 N–H and O–H groups in total. The number of carbonyl (C=O) groups is 3. The minimum Gasteiger partial charge on any atom is -0.323 e. The van der Waals surface area contributed by atoms with Gasteiger partial charge in [-0.1, -0.05) is 13.8 Å². The number of nitrogens with one attached hydrogen (secondary N) is 1. The number of carbonyl (C=O) groups excluding carboxylic acids is 3. The van der Waals surface area contributed by atoms with Crippen LogP contribution in [0.15, 0.2) is 18.2 Å². The fourth-order valence-electron chi connectivity index (χ4n) is 3.67. The molecule has 27 heavy (non-hydrogen) atoms. The zero-order valence-electron chi connectivity index (χ0n) is 15.6. The summed E-state index contributed by atoms with van der Waals surface area (Å²) in [5, 5.41) is 2.70. The number of ketones is 1. The predicted molar refractivity (Wildman–Crippen MR) is 100 cm³/mol. The second kappa shape index (κ2) is 6.63. The van der Waals surface area contributed by atoms with Crippen molar-refractivity contribution in [1.82, 2.24) is 10.2 Å². The summed E-state index contributed by atoms with van der Waals surface area (Å²) in [5.74, 6) is -0.739. The Balaban J connectivity index is 1.80. The summed E-state index contributed by atoms with van der Waals surface area (Å²) < 4.78 is 24.9. The monoisotopic (exact) mass is 393 g/mol. The average molecular weight is 393 g/mol. The van der Waals surface area contributed by atoms with Crippen molar-refractivity contribution in [2.75, 3.05) is 23.7 Å². The third-order valence-corrected chi connectivity index (χ3v) is 6.59. The largest absolute Gasteiger partial charge is 0.325 e.